The van der Waals surface area contributed by atoms with Gasteiger partial charge in [-0.1, -0.05) is 35.9 Å². The van der Waals surface area contributed by atoms with Crippen molar-refractivity contribution in [2.45, 2.75) is 13.0 Å². The Balaban J connectivity index is 2.34. The summed E-state index contributed by atoms with van der Waals surface area (Å²) in [5.74, 6) is -1.17. The second-order valence-corrected chi connectivity index (χ2v) is 4.88. The van der Waals surface area contributed by atoms with Gasteiger partial charge in [0.05, 0.1) is 5.02 Å². The van der Waals surface area contributed by atoms with Gasteiger partial charge in [-0.25, -0.2) is 4.39 Å². The second-order valence-electron chi connectivity index (χ2n) is 4.47. The predicted octanol–water partition coefficient (Wildman–Crippen LogP) is 3.43. The number of hydrogen-bond donors (Lipinski definition) is 2. The number of nitrogens with two attached hydrogens (primary N) is 1. The average Bonchev–Trinajstić information content (AvgIpc) is 2.41. The molecule has 0 spiro atoms. The number of rotatable bonds is 4. The first-order valence-corrected chi connectivity index (χ1v) is 6.43. The van der Waals surface area contributed by atoms with Gasteiger partial charge in [-0.05, 0) is 36.2 Å². The highest BCUT2D eigenvalue weighted by atomic mass is 35.5. The number of carbonyl (C=O) groups excluding carboxylic acids is 1. The third-order valence-corrected chi connectivity index (χ3v) is 3.31. The highest BCUT2D eigenvalue weighted by Crippen LogP contribution is 2.25. The summed E-state index contributed by atoms with van der Waals surface area (Å²) in [5.41, 5.74) is 7.57. The van der Waals surface area contributed by atoms with Crippen LogP contribution >= 0.6 is 11.6 Å². The first-order chi connectivity index (χ1) is 9.49. The molecule has 0 radical (unpaired) electrons. The monoisotopic (exact) mass is 292 g/mol. The van der Waals surface area contributed by atoms with Crippen molar-refractivity contribution in [2.75, 3.05) is 5.32 Å². The van der Waals surface area contributed by atoms with E-state index in [1.165, 1.54) is 12.1 Å². The first kappa shape index (κ1) is 14.3. The maximum atomic E-state index is 13.5. The van der Waals surface area contributed by atoms with Crippen LogP contribution in [0, 0.1) is 12.7 Å². The zero-order valence-corrected chi connectivity index (χ0v) is 11.6. The lowest BCUT2D eigenvalue weighted by Gasteiger charge is -2.18. The van der Waals surface area contributed by atoms with Gasteiger partial charge in [0, 0.05) is 5.69 Å². The van der Waals surface area contributed by atoms with E-state index in [-0.39, 0.29) is 5.02 Å². The third-order valence-electron chi connectivity index (χ3n) is 3.01. The van der Waals surface area contributed by atoms with Crippen molar-refractivity contribution < 1.29 is 9.18 Å². The summed E-state index contributed by atoms with van der Waals surface area (Å²) in [6.45, 7) is 1.91. The highest BCUT2D eigenvalue weighted by molar-refractivity contribution is 6.30. The fraction of sp³-hybridized carbons (Fsp3) is 0.133. The second kappa shape index (κ2) is 5.92. The summed E-state index contributed by atoms with van der Waals surface area (Å²) in [7, 11) is 0. The maximum Gasteiger partial charge on any atom is 0.244 e. The quantitative estimate of drug-likeness (QED) is 0.907. The molecule has 2 rings (SSSR count). The lowest BCUT2D eigenvalue weighted by molar-refractivity contribution is -0.118. The summed E-state index contributed by atoms with van der Waals surface area (Å²) in [5, 5.41) is 3.03. The Morgan fingerprint density at radius 2 is 2.00 bits per heavy atom. The topological polar surface area (TPSA) is 55.1 Å². The van der Waals surface area contributed by atoms with E-state index in [4.69, 9.17) is 17.3 Å². The summed E-state index contributed by atoms with van der Waals surface area (Å²) in [6, 6.07) is 10.8. The van der Waals surface area contributed by atoms with E-state index < -0.39 is 17.8 Å². The van der Waals surface area contributed by atoms with Gasteiger partial charge in [0.1, 0.15) is 11.9 Å². The van der Waals surface area contributed by atoms with Crippen LogP contribution in [0.15, 0.2) is 42.5 Å². The first-order valence-electron chi connectivity index (χ1n) is 6.05. The molecule has 20 heavy (non-hydrogen) atoms. The molecule has 1 amide bonds. The molecule has 0 aromatic heterocycles. The number of primary amides is 1. The number of para-hydroxylation sites is 1. The van der Waals surface area contributed by atoms with Gasteiger partial charge in [0.15, 0.2) is 0 Å². The Kier molecular flexibility index (Phi) is 4.25. The Morgan fingerprint density at radius 1 is 1.30 bits per heavy atom. The van der Waals surface area contributed by atoms with Crippen LogP contribution < -0.4 is 11.1 Å². The molecule has 1 atom stereocenters. The molecule has 104 valence electrons. The van der Waals surface area contributed by atoms with E-state index in [0.29, 0.717) is 5.56 Å². The fourth-order valence-corrected chi connectivity index (χ4v) is 2.02. The Labute approximate surface area is 121 Å². The van der Waals surface area contributed by atoms with Crippen LogP contribution in [0.1, 0.15) is 17.2 Å². The zero-order valence-electron chi connectivity index (χ0n) is 10.9. The molecule has 0 heterocycles. The van der Waals surface area contributed by atoms with Gasteiger partial charge in [-0.3, -0.25) is 4.79 Å². The highest BCUT2D eigenvalue weighted by Gasteiger charge is 2.19. The van der Waals surface area contributed by atoms with E-state index in [2.05, 4.69) is 5.32 Å². The maximum absolute atomic E-state index is 13.5. The Hall–Kier alpha value is -2.07. The molecule has 2 aromatic rings. The average molecular weight is 293 g/mol. The van der Waals surface area contributed by atoms with Crippen molar-refractivity contribution in [3.8, 4) is 0 Å². The minimum Gasteiger partial charge on any atom is -0.370 e. The van der Waals surface area contributed by atoms with Crippen molar-refractivity contribution in [3.63, 3.8) is 0 Å². The van der Waals surface area contributed by atoms with Crippen molar-refractivity contribution in [1.82, 2.24) is 0 Å². The fourth-order valence-electron chi connectivity index (χ4n) is 1.90. The van der Waals surface area contributed by atoms with Gasteiger partial charge >= 0.3 is 0 Å². The molecule has 0 aliphatic carbocycles. The van der Waals surface area contributed by atoms with Gasteiger partial charge in [-0.15, -0.1) is 0 Å². The summed E-state index contributed by atoms with van der Waals surface area (Å²) in [4.78, 5) is 11.6. The number of carbonyl (C=O) groups is 1. The molecule has 3 N–H and O–H groups in total. The summed E-state index contributed by atoms with van der Waals surface area (Å²) >= 11 is 5.64. The molecule has 0 aliphatic heterocycles. The summed E-state index contributed by atoms with van der Waals surface area (Å²) < 4.78 is 13.5. The lowest BCUT2D eigenvalue weighted by atomic mass is 10.0. The predicted molar refractivity (Wildman–Crippen MR) is 78.1 cm³/mol. The number of aryl methyl sites for hydroxylation is 1. The van der Waals surface area contributed by atoms with Crippen LogP contribution in [-0.2, 0) is 4.79 Å². The largest absolute Gasteiger partial charge is 0.370 e. The zero-order chi connectivity index (χ0) is 14.7. The van der Waals surface area contributed by atoms with Gasteiger partial charge in [0.2, 0.25) is 5.91 Å². The standard InChI is InChI=1S/C15H14ClFN2O/c1-9-4-2-3-5-13(9)19-14(15(18)20)10-6-7-11(16)12(17)8-10/h2-8,14,19H,1H3,(H2,18,20). The number of benzene rings is 2. The molecule has 5 heteroatoms. The molecule has 0 fully saturated rings. The van der Waals surface area contributed by atoms with Crippen LogP contribution in [0.3, 0.4) is 0 Å². The van der Waals surface area contributed by atoms with Crippen molar-refractivity contribution in [1.29, 1.82) is 0 Å². The Bertz CT molecular complexity index is 646. The van der Waals surface area contributed by atoms with Crippen molar-refractivity contribution >= 4 is 23.2 Å². The van der Waals surface area contributed by atoms with Crippen LogP contribution in [-0.4, -0.2) is 5.91 Å². The molecule has 1 unspecified atom stereocenters. The van der Waals surface area contributed by atoms with Crippen LogP contribution in [0.2, 0.25) is 5.02 Å². The van der Waals surface area contributed by atoms with Crippen molar-refractivity contribution in [3.05, 3.63) is 64.4 Å². The summed E-state index contributed by atoms with van der Waals surface area (Å²) in [6.07, 6.45) is 0. The van der Waals surface area contributed by atoms with E-state index in [0.717, 1.165) is 11.3 Å². The molecule has 0 bridgehead atoms. The minimum absolute atomic E-state index is 0.00728. The molecule has 2 aromatic carbocycles. The molecule has 0 saturated carbocycles. The molecular weight excluding hydrogens is 279 g/mol. The van der Waals surface area contributed by atoms with Crippen LogP contribution in [0.25, 0.3) is 0 Å². The van der Waals surface area contributed by atoms with Crippen LogP contribution in [0.5, 0.6) is 0 Å². The Morgan fingerprint density at radius 3 is 2.60 bits per heavy atom. The number of halogens is 2. The van der Waals surface area contributed by atoms with Gasteiger partial charge in [0.25, 0.3) is 0 Å². The molecular formula is C15H14ClFN2O. The SMILES string of the molecule is Cc1ccccc1NC(C(N)=O)c1ccc(Cl)c(F)c1. The van der Waals surface area contributed by atoms with Crippen molar-refractivity contribution in [2.24, 2.45) is 5.73 Å². The number of nitrogens with one attached hydrogen (secondary N) is 1. The van der Waals surface area contributed by atoms with Crippen LogP contribution in [0.4, 0.5) is 10.1 Å². The van der Waals surface area contributed by atoms with E-state index in [9.17, 15) is 9.18 Å². The van der Waals surface area contributed by atoms with Gasteiger partial charge in [-0.2, -0.15) is 0 Å². The molecule has 0 aliphatic rings. The lowest BCUT2D eigenvalue weighted by Crippen LogP contribution is -2.28. The molecule has 3 nitrogen and oxygen atoms in total. The third kappa shape index (κ3) is 3.08. The van der Waals surface area contributed by atoms with E-state index >= 15 is 0 Å². The normalized spacial score (nSPS) is 11.9. The minimum atomic E-state index is -0.817. The van der Waals surface area contributed by atoms with Gasteiger partial charge < -0.3 is 11.1 Å². The smallest absolute Gasteiger partial charge is 0.244 e. The number of anilines is 1. The van der Waals surface area contributed by atoms with E-state index in [1.54, 1.807) is 6.07 Å². The number of amides is 1. The van der Waals surface area contributed by atoms with E-state index in [1.807, 2.05) is 31.2 Å². The number of hydrogen-bond acceptors (Lipinski definition) is 2. The molecule has 0 saturated heterocycles.